The molecule has 0 aliphatic carbocycles. The molecule has 0 aliphatic heterocycles. The summed E-state index contributed by atoms with van der Waals surface area (Å²) in [4.78, 5) is 17.8. The molecule has 0 bridgehead atoms. The molecule has 1 aromatic heterocycles. The number of rotatable bonds is 8. The fourth-order valence-corrected chi connectivity index (χ4v) is 3.70. The van der Waals surface area contributed by atoms with Crippen LogP contribution in [0.4, 0.5) is 0 Å². The first-order valence-electron chi connectivity index (χ1n) is 8.60. The Hall–Kier alpha value is -1.54. The maximum absolute atomic E-state index is 12.6. The van der Waals surface area contributed by atoms with Crippen molar-refractivity contribution in [2.24, 2.45) is 11.7 Å². The molecule has 3 N–H and O–H groups in total. The maximum atomic E-state index is 12.6. The summed E-state index contributed by atoms with van der Waals surface area (Å²) in [6, 6.07) is 5.56. The van der Waals surface area contributed by atoms with E-state index < -0.39 is 0 Å². The maximum Gasteiger partial charge on any atom is 0.263 e. The summed E-state index contributed by atoms with van der Waals surface area (Å²) in [6.45, 7) is 6.49. The smallest absolute Gasteiger partial charge is 0.263 e. The number of hydrogen-bond donors (Lipinski definition) is 2. The molecule has 0 aliphatic rings. The van der Waals surface area contributed by atoms with Crippen LogP contribution < -0.4 is 20.5 Å². The van der Waals surface area contributed by atoms with Crippen molar-refractivity contribution in [1.29, 1.82) is 0 Å². The number of nitrogens with zero attached hydrogens (tertiary/aromatic N) is 1. The lowest BCUT2D eigenvalue weighted by atomic mass is 10.0. The first-order chi connectivity index (χ1) is 12.4. The molecule has 0 spiro atoms. The monoisotopic (exact) mass is 449 g/mol. The Bertz CT molecular complexity index is 769. The van der Waals surface area contributed by atoms with E-state index >= 15 is 0 Å². The van der Waals surface area contributed by atoms with Gasteiger partial charge in [-0.3, -0.25) is 4.79 Å². The van der Waals surface area contributed by atoms with E-state index in [1.807, 2.05) is 25.1 Å². The van der Waals surface area contributed by atoms with E-state index in [4.69, 9.17) is 15.2 Å². The average Bonchev–Trinajstić information content (AvgIpc) is 3.01. The molecule has 28 heavy (non-hydrogen) atoms. The Morgan fingerprint density at radius 1 is 1.21 bits per heavy atom. The van der Waals surface area contributed by atoms with Crippen molar-refractivity contribution < 1.29 is 14.3 Å². The molecule has 6 nitrogen and oxygen atoms in total. The largest absolute Gasteiger partial charge is 0.493 e. The Morgan fingerprint density at radius 2 is 1.86 bits per heavy atom. The number of thiazole rings is 1. The van der Waals surface area contributed by atoms with Crippen LogP contribution in [0.25, 0.3) is 10.6 Å². The fraction of sp³-hybridized carbons (Fsp3) is 0.474. The Kier molecular flexibility index (Phi) is 11.4. The summed E-state index contributed by atoms with van der Waals surface area (Å²) in [5.41, 5.74) is 7.38. The van der Waals surface area contributed by atoms with Gasteiger partial charge in [-0.2, -0.15) is 0 Å². The van der Waals surface area contributed by atoms with Crippen molar-refractivity contribution in [3.8, 4) is 22.1 Å². The minimum Gasteiger partial charge on any atom is -0.493 e. The quantitative estimate of drug-likeness (QED) is 0.633. The van der Waals surface area contributed by atoms with Gasteiger partial charge in [-0.1, -0.05) is 13.8 Å². The molecule has 2 aromatic rings. The number of aromatic nitrogens is 1. The van der Waals surface area contributed by atoms with Crippen molar-refractivity contribution in [1.82, 2.24) is 10.3 Å². The van der Waals surface area contributed by atoms with Gasteiger partial charge in [0, 0.05) is 18.2 Å². The van der Waals surface area contributed by atoms with Crippen LogP contribution in [0.1, 0.15) is 35.6 Å². The van der Waals surface area contributed by atoms with E-state index in [1.165, 1.54) is 11.3 Å². The van der Waals surface area contributed by atoms with Gasteiger partial charge in [0.2, 0.25) is 0 Å². The van der Waals surface area contributed by atoms with Gasteiger partial charge in [0.1, 0.15) is 9.88 Å². The zero-order chi connectivity index (χ0) is 19.3. The van der Waals surface area contributed by atoms with Crippen LogP contribution in [0.3, 0.4) is 0 Å². The van der Waals surface area contributed by atoms with Crippen LogP contribution in [0, 0.1) is 12.8 Å². The lowest BCUT2D eigenvalue weighted by Gasteiger charge is -2.18. The van der Waals surface area contributed by atoms with Gasteiger partial charge in [-0.15, -0.1) is 36.2 Å². The lowest BCUT2D eigenvalue weighted by Crippen LogP contribution is -2.41. The third-order valence-corrected chi connectivity index (χ3v) is 5.21. The standard InChI is InChI=1S/C19H27N3O3S.2ClH/c1-11(2)8-14(10-20)22-18(23)17-12(3)21-19(26-17)13-6-7-15(24-4)16(9-13)25-5;;/h6-7,9,11,14H,8,10,20H2,1-5H3,(H,22,23);2*1H. The van der Waals surface area contributed by atoms with E-state index in [2.05, 4.69) is 24.1 Å². The van der Waals surface area contributed by atoms with Crippen LogP contribution >= 0.6 is 36.2 Å². The van der Waals surface area contributed by atoms with Crippen molar-refractivity contribution in [2.75, 3.05) is 20.8 Å². The van der Waals surface area contributed by atoms with E-state index in [0.29, 0.717) is 34.5 Å². The number of nitrogens with two attached hydrogens (primary N) is 1. The molecule has 0 saturated heterocycles. The normalized spacial score (nSPS) is 11.2. The van der Waals surface area contributed by atoms with Crippen LogP contribution in [0.2, 0.25) is 0 Å². The van der Waals surface area contributed by atoms with Crippen LogP contribution in [-0.4, -0.2) is 37.7 Å². The van der Waals surface area contributed by atoms with Crippen LogP contribution in [0.5, 0.6) is 11.5 Å². The molecule has 1 amide bonds. The molecule has 1 atom stereocenters. The minimum absolute atomic E-state index is 0. The first-order valence-corrected chi connectivity index (χ1v) is 9.42. The molecular formula is C19H29Cl2N3O3S. The number of hydrogen-bond acceptors (Lipinski definition) is 6. The van der Waals surface area contributed by atoms with Crippen molar-refractivity contribution in [3.05, 3.63) is 28.8 Å². The van der Waals surface area contributed by atoms with Gasteiger partial charge >= 0.3 is 0 Å². The number of aryl methyl sites for hydroxylation is 1. The molecule has 1 heterocycles. The summed E-state index contributed by atoms with van der Waals surface area (Å²) in [6.07, 6.45) is 0.850. The Morgan fingerprint density at radius 3 is 2.39 bits per heavy atom. The third-order valence-electron chi connectivity index (χ3n) is 4.01. The molecule has 2 rings (SSSR count). The number of carbonyl (C=O) groups excluding carboxylic acids is 1. The second kappa shape index (κ2) is 12.1. The van der Waals surface area contributed by atoms with E-state index in [-0.39, 0.29) is 36.8 Å². The predicted octanol–water partition coefficient (Wildman–Crippen LogP) is 4.08. The summed E-state index contributed by atoms with van der Waals surface area (Å²) in [5, 5.41) is 3.79. The average molecular weight is 450 g/mol. The number of carbonyl (C=O) groups is 1. The summed E-state index contributed by atoms with van der Waals surface area (Å²) in [7, 11) is 3.19. The zero-order valence-electron chi connectivity index (χ0n) is 16.8. The van der Waals surface area contributed by atoms with E-state index in [0.717, 1.165) is 17.0 Å². The molecule has 1 unspecified atom stereocenters. The van der Waals surface area contributed by atoms with Gasteiger partial charge in [0.15, 0.2) is 11.5 Å². The molecular weight excluding hydrogens is 421 g/mol. The molecule has 0 saturated carbocycles. The number of amides is 1. The summed E-state index contributed by atoms with van der Waals surface area (Å²) < 4.78 is 10.6. The highest BCUT2D eigenvalue weighted by Crippen LogP contribution is 2.35. The van der Waals surface area contributed by atoms with Crippen LogP contribution in [0.15, 0.2) is 18.2 Å². The number of nitrogens with one attached hydrogen (secondary N) is 1. The Balaban J connectivity index is 0.00000364. The third kappa shape index (κ3) is 6.51. The highest BCUT2D eigenvalue weighted by Gasteiger charge is 2.20. The zero-order valence-corrected chi connectivity index (χ0v) is 19.2. The molecule has 0 fully saturated rings. The van der Waals surface area contributed by atoms with Gasteiger partial charge in [0.05, 0.1) is 19.9 Å². The number of methoxy groups -OCH3 is 2. The number of benzene rings is 1. The molecule has 9 heteroatoms. The van der Waals surface area contributed by atoms with E-state index in [1.54, 1.807) is 14.2 Å². The van der Waals surface area contributed by atoms with Crippen molar-refractivity contribution in [3.63, 3.8) is 0 Å². The summed E-state index contributed by atoms with van der Waals surface area (Å²) in [5.74, 6) is 1.63. The number of ether oxygens (including phenoxy) is 2. The second-order valence-corrected chi connectivity index (χ2v) is 7.54. The molecule has 1 aromatic carbocycles. The first kappa shape index (κ1) is 26.5. The van der Waals surface area contributed by atoms with Gasteiger partial charge in [-0.25, -0.2) is 4.98 Å². The highest BCUT2D eigenvalue weighted by molar-refractivity contribution is 7.17. The predicted molar refractivity (Wildman–Crippen MR) is 120 cm³/mol. The van der Waals surface area contributed by atoms with Crippen molar-refractivity contribution >= 4 is 42.1 Å². The summed E-state index contributed by atoms with van der Waals surface area (Å²) >= 11 is 1.36. The second-order valence-electron chi connectivity index (χ2n) is 6.54. The van der Waals surface area contributed by atoms with Gasteiger partial charge in [-0.05, 0) is 37.5 Å². The lowest BCUT2D eigenvalue weighted by molar-refractivity contribution is 0.0937. The molecule has 0 radical (unpaired) electrons. The van der Waals surface area contributed by atoms with Crippen molar-refractivity contribution in [2.45, 2.75) is 33.2 Å². The van der Waals surface area contributed by atoms with E-state index in [9.17, 15) is 4.79 Å². The fourth-order valence-electron chi connectivity index (χ4n) is 2.73. The SMILES string of the molecule is COc1ccc(-c2nc(C)c(C(=O)NC(CN)CC(C)C)s2)cc1OC.Cl.Cl. The highest BCUT2D eigenvalue weighted by atomic mass is 35.5. The van der Waals surface area contributed by atoms with Gasteiger partial charge in [0.25, 0.3) is 5.91 Å². The molecule has 158 valence electrons. The number of halogens is 2. The topological polar surface area (TPSA) is 86.5 Å². The minimum atomic E-state index is -0.122. The Labute approximate surface area is 183 Å². The van der Waals surface area contributed by atoms with Crippen LogP contribution in [-0.2, 0) is 0 Å². The van der Waals surface area contributed by atoms with Gasteiger partial charge < -0.3 is 20.5 Å².